The molecule has 0 aromatic heterocycles. The number of halogens is 1. The van der Waals surface area contributed by atoms with E-state index in [9.17, 15) is 4.79 Å². The van der Waals surface area contributed by atoms with Crippen molar-refractivity contribution in [3.05, 3.63) is 35.9 Å². The molecule has 1 atom stereocenters. The molecule has 1 unspecified atom stereocenters. The molecule has 0 aliphatic carbocycles. The minimum Gasteiger partial charge on any atom is -0.384 e. The lowest BCUT2D eigenvalue weighted by Gasteiger charge is -2.34. The second-order valence-corrected chi connectivity index (χ2v) is 5.42. The number of ether oxygens (including phenoxy) is 1. The fraction of sp³-hybridized carbons (Fsp3) is 0.562. The Balaban J connectivity index is 0.00000220. The average Bonchev–Trinajstić information content (AvgIpc) is 2.50. The zero-order valence-electron chi connectivity index (χ0n) is 12.5. The molecule has 4 nitrogen and oxygen atoms in total. The number of hydrogen-bond acceptors (Lipinski definition) is 3. The van der Waals surface area contributed by atoms with Crippen molar-refractivity contribution in [3.63, 3.8) is 0 Å². The first-order valence-electron chi connectivity index (χ1n) is 7.29. The van der Waals surface area contributed by atoms with Crippen molar-refractivity contribution in [2.75, 3.05) is 33.4 Å². The number of benzene rings is 1. The lowest BCUT2D eigenvalue weighted by Crippen LogP contribution is -2.43. The quantitative estimate of drug-likeness (QED) is 0.905. The van der Waals surface area contributed by atoms with E-state index >= 15 is 0 Å². The Morgan fingerprint density at radius 1 is 1.33 bits per heavy atom. The molecule has 1 aromatic rings. The molecule has 1 fully saturated rings. The van der Waals surface area contributed by atoms with Crippen molar-refractivity contribution >= 4 is 18.3 Å². The van der Waals surface area contributed by atoms with Crippen LogP contribution in [0.5, 0.6) is 0 Å². The third-order valence-electron chi connectivity index (χ3n) is 4.06. The van der Waals surface area contributed by atoms with Gasteiger partial charge in [-0.1, -0.05) is 30.3 Å². The maximum absolute atomic E-state index is 12.6. The zero-order chi connectivity index (χ0) is 14.4. The van der Waals surface area contributed by atoms with E-state index in [1.54, 1.807) is 7.11 Å². The van der Waals surface area contributed by atoms with E-state index in [0.29, 0.717) is 12.5 Å². The number of rotatable bonds is 5. The number of nitrogens with two attached hydrogens (primary N) is 1. The van der Waals surface area contributed by atoms with E-state index in [1.807, 2.05) is 35.2 Å². The lowest BCUT2D eigenvalue weighted by atomic mass is 9.94. The molecule has 0 spiro atoms. The number of nitrogens with zero attached hydrogens (tertiary/aromatic N) is 1. The Hall–Kier alpha value is -1.10. The fourth-order valence-corrected chi connectivity index (χ4v) is 2.84. The van der Waals surface area contributed by atoms with Gasteiger partial charge < -0.3 is 15.4 Å². The van der Waals surface area contributed by atoms with E-state index in [4.69, 9.17) is 10.5 Å². The van der Waals surface area contributed by atoms with Crippen LogP contribution in [0.1, 0.15) is 24.3 Å². The van der Waals surface area contributed by atoms with Crippen LogP contribution in [0.4, 0.5) is 0 Å². The summed E-state index contributed by atoms with van der Waals surface area (Å²) in [5.41, 5.74) is 6.83. The van der Waals surface area contributed by atoms with E-state index in [2.05, 4.69) is 0 Å². The smallest absolute Gasteiger partial charge is 0.231 e. The van der Waals surface area contributed by atoms with Gasteiger partial charge in [-0.15, -0.1) is 12.4 Å². The topological polar surface area (TPSA) is 55.6 Å². The van der Waals surface area contributed by atoms with Gasteiger partial charge in [-0.2, -0.15) is 0 Å². The Morgan fingerprint density at radius 3 is 2.48 bits per heavy atom. The molecular weight excluding hydrogens is 288 g/mol. The van der Waals surface area contributed by atoms with Crippen LogP contribution >= 0.6 is 12.4 Å². The summed E-state index contributed by atoms with van der Waals surface area (Å²) in [6.07, 6.45) is 2.04. The Bertz CT molecular complexity index is 420. The summed E-state index contributed by atoms with van der Waals surface area (Å²) in [6.45, 7) is 2.79. The first-order chi connectivity index (χ1) is 9.76. The molecular formula is C16H25ClN2O2. The Labute approximate surface area is 133 Å². The van der Waals surface area contributed by atoms with Gasteiger partial charge in [-0.05, 0) is 24.3 Å². The lowest BCUT2D eigenvalue weighted by molar-refractivity contribution is -0.134. The van der Waals surface area contributed by atoms with Gasteiger partial charge >= 0.3 is 0 Å². The number of carbonyl (C=O) groups excluding carboxylic acids is 1. The highest BCUT2D eigenvalue weighted by Crippen LogP contribution is 2.22. The van der Waals surface area contributed by atoms with Crippen LogP contribution in [-0.4, -0.2) is 44.2 Å². The highest BCUT2D eigenvalue weighted by Gasteiger charge is 2.28. The third kappa shape index (κ3) is 4.70. The largest absolute Gasteiger partial charge is 0.384 e. The van der Waals surface area contributed by atoms with Crippen molar-refractivity contribution < 1.29 is 9.53 Å². The van der Waals surface area contributed by atoms with Gasteiger partial charge in [0.15, 0.2) is 0 Å². The maximum atomic E-state index is 12.6. The first kappa shape index (κ1) is 18.0. The molecule has 118 valence electrons. The molecule has 0 bridgehead atoms. The number of carbonyl (C=O) groups is 1. The average molecular weight is 313 g/mol. The summed E-state index contributed by atoms with van der Waals surface area (Å²) >= 11 is 0. The van der Waals surface area contributed by atoms with Gasteiger partial charge in [0.05, 0.1) is 5.92 Å². The zero-order valence-corrected chi connectivity index (χ0v) is 13.3. The minimum atomic E-state index is -0.213. The second-order valence-electron chi connectivity index (χ2n) is 5.42. The van der Waals surface area contributed by atoms with Crippen LogP contribution in [-0.2, 0) is 9.53 Å². The molecule has 0 radical (unpaired) electrons. The molecule has 21 heavy (non-hydrogen) atoms. The monoisotopic (exact) mass is 312 g/mol. The fourth-order valence-electron chi connectivity index (χ4n) is 2.84. The van der Waals surface area contributed by atoms with Gasteiger partial charge in [0.2, 0.25) is 5.91 Å². The van der Waals surface area contributed by atoms with Crippen LogP contribution in [0.15, 0.2) is 30.3 Å². The second kappa shape index (κ2) is 9.03. The molecule has 1 amide bonds. The van der Waals surface area contributed by atoms with Crippen molar-refractivity contribution in [2.45, 2.75) is 18.8 Å². The summed E-state index contributed by atoms with van der Waals surface area (Å²) in [5, 5.41) is 0. The molecule has 1 heterocycles. The molecule has 1 aliphatic rings. The van der Waals surface area contributed by atoms with Crippen LogP contribution in [0.25, 0.3) is 0 Å². The van der Waals surface area contributed by atoms with E-state index < -0.39 is 0 Å². The summed E-state index contributed by atoms with van der Waals surface area (Å²) in [5.74, 6) is 0.529. The van der Waals surface area contributed by atoms with Crippen LogP contribution in [0, 0.1) is 5.92 Å². The summed E-state index contributed by atoms with van der Waals surface area (Å²) in [6, 6.07) is 9.82. The van der Waals surface area contributed by atoms with Crippen molar-refractivity contribution in [1.29, 1.82) is 0 Å². The van der Waals surface area contributed by atoms with Crippen molar-refractivity contribution in [2.24, 2.45) is 11.7 Å². The first-order valence-corrected chi connectivity index (χ1v) is 7.29. The molecule has 1 saturated heterocycles. The highest BCUT2D eigenvalue weighted by atomic mass is 35.5. The summed E-state index contributed by atoms with van der Waals surface area (Å²) < 4.78 is 5.19. The third-order valence-corrected chi connectivity index (χ3v) is 4.06. The van der Waals surface area contributed by atoms with Crippen LogP contribution in [0.3, 0.4) is 0 Å². The van der Waals surface area contributed by atoms with Gasteiger partial charge in [-0.25, -0.2) is 0 Å². The number of methoxy groups -OCH3 is 1. The standard InChI is InChI=1S/C16H24N2O2.ClH/c1-20-12-13-7-9-18(10-8-13)16(19)15(11-17)14-5-3-2-4-6-14;/h2-6,13,15H,7-12,17H2,1H3;1H. The predicted molar refractivity (Wildman–Crippen MR) is 86.7 cm³/mol. The van der Waals surface area contributed by atoms with Gasteiger partial charge in [-0.3, -0.25) is 4.79 Å². The van der Waals surface area contributed by atoms with Crippen molar-refractivity contribution in [1.82, 2.24) is 4.90 Å². The Kier molecular flexibility index (Phi) is 7.72. The summed E-state index contributed by atoms with van der Waals surface area (Å²) in [4.78, 5) is 14.6. The van der Waals surface area contributed by atoms with Gasteiger partial charge in [0.1, 0.15) is 0 Å². The van der Waals surface area contributed by atoms with Gasteiger partial charge in [0, 0.05) is 33.4 Å². The van der Waals surface area contributed by atoms with E-state index in [0.717, 1.165) is 38.1 Å². The molecule has 1 aromatic carbocycles. The van der Waals surface area contributed by atoms with E-state index in [-0.39, 0.29) is 24.2 Å². The minimum absolute atomic E-state index is 0. The highest BCUT2D eigenvalue weighted by molar-refractivity contribution is 5.85. The normalized spacial score (nSPS) is 17.1. The van der Waals surface area contributed by atoms with E-state index in [1.165, 1.54) is 0 Å². The van der Waals surface area contributed by atoms with Gasteiger partial charge in [0.25, 0.3) is 0 Å². The van der Waals surface area contributed by atoms with Crippen molar-refractivity contribution in [3.8, 4) is 0 Å². The predicted octanol–water partition coefficient (Wildman–Crippen LogP) is 2.04. The number of piperidine rings is 1. The number of likely N-dealkylation sites (tertiary alicyclic amines) is 1. The number of hydrogen-bond donors (Lipinski definition) is 1. The SMILES string of the molecule is COCC1CCN(C(=O)C(CN)c2ccccc2)CC1.Cl. The molecule has 0 saturated carbocycles. The summed E-state index contributed by atoms with van der Waals surface area (Å²) in [7, 11) is 1.73. The Morgan fingerprint density at radius 2 is 1.95 bits per heavy atom. The molecule has 1 aliphatic heterocycles. The molecule has 5 heteroatoms. The van der Waals surface area contributed by atoms with Crippen LogP contribution in [0.2, 0.25) is 0 Å². The maximum Gasteiger partial charge on any atom is 0.231 e. The molecule has 2 rings (SSSR count). The number of amides is 1. The van der Waals surface area contributed by atoms with Crippen LogP contribution < -0.4 is 5.73 Å². The molecule has 2 N–H and O–H groups in total.